The number of hydrogen-bond acceptors (Lipinski definition) is 0. The van der Waals surface area contributed by atoms with Gasteiger partial charge in [-0.3, -0.25) is 0 Å². The predicted octanol–water partition coefficient (Wildman–Crippen LogP) is 1.30. The van der Waals surface area contributed by atoms with Crippen molar-refractivity contribution in [1.29, 1.82) is 0 Å². The zero-order valence-electron chi connectivity index (χ0n) is 5.62. The maximum Gasteiger partial charge on any atom is 0.142 e. The van der Waals surface area contributed by atoms with Crippen LogP contribution in [0.2, 0.25) is 19.6 Å². The molecule has 0 unspecified atom stereocenters. The van der Waals surface area contributed by atoms with Crippen LogP contribution in [0.4, 0.5) is 0 Å². The van der Waals surface area contributed by atoms with Gasteiger partial charge in [0.15, 0.2) is 0 Å². The Bertz CT molecular complexity index is 113. The second kappa shape index (κ2) is 2.90. The fourth-order valence-corrected chi connectivity index (χ4v) is 0.904. The van der Waals surface area contributed by atoms with Crippen molar-refractivity contribution in [2.45, 2.75) is 19.6 Å². The molecule has 0 aromatic rings. The van der Waals surface area contributed by atoms with Gasteiger partial charge in [0.25, 0.3) is 0 Å². The third kappa shape index (κ3) is 5.74. The first-order valence-electron chi connectivity index (χ1n) is 2.64. The average Bonchev–Trinajstić information content (AvgIpc) is 1.59. The molecule has 8 heavy (non-hydrogen) atoms. The summed E-state index contributed by atoms with van der Waals surface area (Å²) in [6.45, 7) is 6.12. The van der Waals surface area contributed by atoms with Gasteiger partial charge in [-0.05, 0) is 0 Å². The van der Waals surface area contributed by atoms with Crippen LogP contribution in [0.15, 0.2) is 0 Å². The van der Waals surface area contributed by atoms with Crippen LogP contribution < -0.4 is 0 Å². The molecule has 0 N–H and O–H groups in total. The van der Waals surface area contributed by atoms with Gasteiger partial charge in [-0.2, -0.15) is 0 Å². The Balaban J connectivity index is 3.69. The Morgan fingerprint density at radius 2 is 1.88 bits per heavy atom. The van der Waals surface area contributed by atoms with Gasteiger partial charge in [-0.15, -0.1) is 5.54 Å². The highest BCUT2D eigenvalue weighted by Crippen LogP contribution is 1.95. The van der Waals surface area contributed by atoms with Crippen LogP contribution in [0.1, 0.15) is 0 Å². The van der Waals surface area contributed by atoms with Gasteiger partial charge < -0.3 is 0 Å². The lowest BCUT2D eigenvalue weighted by atomic mass is 10.8. The minimum atomic E-state index is -1.24. The molecule has 0 fully saturated rings. The summed E-state index contributed by atoms with van der Waals surface area (Å²) in [5.74, 6) is 2.54. The monoisotopic (exact) mass is 127 g/mol. The summed E-state index contributed by atoms with van der Waals surface area (Å²) in [5.41, 5.74) is 2.95. The van der Waals surface area contributed by atoms with E-state index in [1.54, 1.807) is 0 Å². The molecule has 0 heterocycles. The van der Waals surface area contributed by atoms with Crippen molar-refractivity contribution < 1.29 is 5.11 Å². The van der Waals surface area contributed by atoms with E-state index in [-0.39, 0.29) is 6.61 Å². The summed E-state index contributed by atoms with van der Waals surface area (Å²) in [6.07, 6.45) is 0. The molecule has 0 aromatic carbocycles. The Labute approximate surface area is 51.7 Å². The molecule has 1 radical (unpaired) electrons. The molecular formula is C6H11OSi. The summed E-state index contributed by atoms with van der Waals surface area (Å²) in [6, 6.07) is 0. The van der Waals surface area contributed by atoms with E-state index >= 15 is 0 Å². The first-order valence-corrected chi connectivity index (χ1v) is 6.14. The Hall–Kier alpha value is -0.263. The highest BCUT2D eigenvalue weighted by Gasteiger charge is 2.06. The first kappa shape index (κ1) is 7.74. The molecule has 0 aliphatic heterocycles. The van der Waals surface area contributed by atoms with Crippen LogP contribution in [0, 0.1) is 11.5 Å². The molecule has 0 aliphatic carbocycles. The van der Waals surface area contributed by atoms with Gasteiger partial charge in [0.1, 0.15) is 14.7 Å². The van der Waals surface area contributed by atoms with Crippen molar-refractivity contribution in [2.24, 2.45) is 0 Å². The number of rotatable bonds is 0. The van der Waals surface area contributed by atoms with Crippen molar-refractivity contribution in [3.05, 3.63) is 0 Å². The zero-order chi connectivity index (χ0) is 6.62. The Morgan fingerprint density at radius 1 is 1.38 bits per heavy atom. The van der Waals surface area contributed by atoms with Gasteiger partial charge >= 0.3 is 0 Å². The second-order valence-electron chi connectivity index (χ2n) is 2.70. The lowest BCUT2D eigenvalue weighted by molar-refractivity contribution is 0.239. The fourth-order valence-electron chi connectivity index (χ4n) is 0.301. The van der Waals surface area contributed by atoms with E-state index in [1.807, 2.05) is 0 Å². The lowest BCUT2D eigenvalue weighted by Crippen LogP contribution is -2.16. The van der Waals surface area contributed by atoms with Crippen LogP contribution in [0.3, 0.4) is 0 Å². The van der Waals surface area contributed by atoms with E-state index in [9.17, 15) is 5.11 Å². The third-order valence-electron chi connectivity index (χ3n) is 0.536. The van der Waals surface area contributed by atoms with Gasteiger partial charge in [-0.25, -0.2) is 5.11 Å². The summed E-state index contributed by atoms with van der Waals surface area (Å²) in [4.78, 5) is 0. The standard InChI is InChI=1S/C6H11OSi/c1-8(2,3)6-4-5-7/h5H2,1-3H3. The fraction of sp³-hybridized carbons (Fsp3) is 0.667. The maximum absolute atomic E-state index is 9.83. The predicted molar refractivity (Wildman–Crippen MR) is 36.7 cm³/mol. The van der Waals surface area contributed by atoms with Gasteiger partial charge in [0, 0.05) is 0 Å². The molecule has 2 heteroatoms. The van der Waals surface area contributed by atoms with Crippen LogP contribution in [-0.2, 0) is 5.11 Å². The lowest BCUT2D eigenvalue weighted by Gasteiger charge is -2.01. The van der Waals surface area contributed by atoms with Crippen molar-refractivity contribution in [3.63, 3.8) is 0 Å². The molecule has 0 spiro atoms. The first-order chi connectivity index (χ1) is 3.56. The summed E-state index contributed by atoms with van der Waals surface area (Å²) >= 11 is 0. The highest BCUT2D eigenvalue weighted by molar-refractivity contribution is 6.83. The van der Waals surface area contributed by atoms with Crippen LogP contribution in [0.25, 0.3) is 0 Å². The SMILES string of the molecule is C[Si](C)(C)C#CC[O]. The maximum atomic E-state index is 9.83. The van der Waals surface area contributed by atoms with E-state index in [4.69, 9.17) is 0 Å². The zero-order valence-corrected chi connectivity index (χ0v) is 6.62. The highest BCUT2D eigenvalue weighted by atomic mass is 28.3. The topological polar surface area (TPSA) is 19.9 Å². The van der Waals surface area contributed by atoms with Gasteiger partial charge in [0.2, 0.25) is 0 Å². The number of hydrogen-bond donors (Lipinski definition) is 0. The van der Waals surface area contributed by atoms with Crippen LogP contribution in [0.5, 0.6) is 0 Å². The molecule has 0 aliphatic rings. The van der Waals surface area contributed by atoms with E-state index in [1.165, 1.54) is 0 Å². The Morgan fingerprint density at radius 3 is 2.00 bits per heavy atom. The molecule has 0 amide bonds. The normalized spacial score (nSPS) is 10.0. The van der Waals surface area contributed by atoms with Crippen molar-refractivity contribution in [1.82, 2.24) is 0 Å². The molecule has 0 bridgehead atoms. The van der Waals surface area contributed by atoms with E-state index in [0.717, 1.165) is 0 Å². The van der Waals surface area contributed by atoms with Crippen LogP contribution >= 0.6 is 0 Å². The van der Waals surface area contributed by atoms with Gasteiger partial charge in [0.05, 0.1) is 0 Å². The summed E-state index contributed by atoms with van der Waals surface area (Å²) < 4.78 is 0. The van der Waals surface area contributed by atoms with E-state index in [2.05, 4.69) is 31.1 Å². The summed E-state index contributed by atoms with van der Waals surface area (Å²) in [7, 11) is -1.24. The minimum absolute atomic E-state index is 0.246. The van der Waals surface area contributed by atoms with Crippen molar-refractivity contribution in [2.75, 3.05) is 6.61 Å². The molecule has 0 atom stereocenters. The van der Waals surface area contributed by atoms with Crippen molar-refractivity contribution in [3.8, 4) is 11.5 Å². The molecule has 1 nitrogen and oxygen atoms in total. The van der Waals surface area contributed by atoms with Crippen LogP contribution in [-0.4, -0.2) is 14.7 Å². The Kier molecular flexibility index (Phi) is 2.81. The van der Waals surface area contributed by atoms with E-state index < -0.39 is 8.07 Å². The molecular weight excluding hydrogens is 116 g/mol. The van der Waals surface area contributed by atoms with E-state index in [0.29, 0.717) is 0 Å². The summed E-state index contributed by atoms with van der Waals surface area (Å²) in [5, 5.41) is 9.83. The average molecular weight is 127 g/mol. The van der Waals surface area contributed by atoms with Crippen molar-refractivity contribution >= 4 is 8.07 Å². The molecule has 0 aromatic heterocycles. The molecule has 0 saturated carbocycles. The van der Waals surface area contributed by atoms with Gasteiger partial charge in [-0.1, -0.05) is 25.6 Å². The second-order valence-corrected chi connectivity index (χ2v) is 7.45. The molecule has 45 valence electrons. The third-order valence-corrected chi connectivity index (χ3v) is 1.46. The molecule has 0 saturated heterocycles. The minimum Gasteiger partial charge on any atom is -0.223 e. The smallest absolute Gasteiger partial charge is 0.142 e. The molecule has 0 rings (SSSR count). The quantitative estimate of drug-likeness (QED) is 0.345. The largest absolute Gasteiger partial charge is 0.223 e.